The maximum atomic E-state index is 14.1. The van der Waals surface area contributed by atoms with Gasteiger partial charge in [-0.3, -0.25) is 4.79 Å². The Morgan fingerprint density at radius 2 is 1.46 bits per heavy atom. The molecule has 3 aromatic rings. The van der Waals surface area contributed by atoms with Gasteiger partial charge < -0.3 is 20.5 Å². The quantitative estimate of drug-likeness (QED) is 0.481. The van der Waals surface area contributed by atoms with Gasteiger partial charge in [0.05, 0.1) is 0 Å². The van der Waals surface area contributed by atoms with E-state index in [0.717, 1.165) is 16.9 Å². The number of carbonyl (C=O) groups is 2. The molecule has 1 aliphatic rings. The number of nitrogens with two attached hydrogens (primary N) is 1. The van der Waals surface area contributed by atoms with Gasteiger partial charge in [-0.2, -0.15) is 0 Å². The minimum absolute atomic E-state index is 0.0131. The SMILES string of the molecule is NC(=O)c1ccc(OCc2ccccc2)cc1.O=C(O)N1CCC(C(F)Cc2ccccc2)CC1. The van der Waals surface area contributed by atoms with Crippen LogP contribution in [0.15, 0.2) is 84.9 Å². The van der Waals surface area contributed by atoms with Gasteiger partial charge >= 0.3 is 6.09 Å². The molecule has 0 spiro atoms. The van der Waals surface area contributed by atoms with Crippen molar-refractivity contribution in [3.05, 3.63) is 102 Å². The normalized spacial score (nSPS) is 14.4. The molecule has 0 saturated carbocycles. The first-order chi connectivity index (χ1) is 16.9. The summed E-state index contributed by atoms with van der Waals surface area (Å²) >= 11 is 0. The van der Waals surface area contributed by atoms with E-state index < -0.39 is 18.2 Å². The number of halogens is 1. The maximum Gasteiger partial charge on any atom is 0.407 e. The van der Waals surface area contributed by atoms with E-state index in [9.17, 15) is 14.0 Å². The number of hydrogen-bond acceptors (Lipinski definition) is 3. The molecule has 1 unspecified atom stereocenters. The van der Waals surface area contributed by atoms with Crippen molar-refractivity contribution >= 4 is 12.0 Å². The summed E-state index contributed by atoms with van der Waals surface area (Å²) < 4.78 is 19.7. The summed E-state index contributed by atoms with van der Waals surface area (Å²) in [5.41, 5.74) is 7.74. The van der Waals surface area contributed by atoms with E-state index in [1.807, 2.05) is 60.7 Å². The van der Waals surface area contributed by atoms with Crippen LogP contribution in [0.25, 0.3) is 0 Å². The lowest BCUT2D eigenvalue weighted by atomic mass is 9.89. The maximum absolute atomic E-state index is 14.1. The van der Waals surface area contributed by atoms with Crippen LogP contribution in [-0.4, -0.2) is 41.3 Å². The van der Waals surface area contributed by atoms with Gasteiger partial charge in [0.1, 0.15) is 18.5 Å². The van der Waals surface area contributed by atoms with E-state index in [0.29, 0.717) is 44.5 Å². The topological polar surface area (TPSA) is 92.9 Å². The summed E-state index contributed by atoms with van der Waals surface area (Å²) in [4.78, 5) is 23.0. The van der Waals surface area contributed by atoms with Gasteiger partial charge in [0.15, 0.2) is 0 Å². The van der Waals surface area contributed by atoms with E-state index in [1.54, 1.807) is 24.3 Å². The molecule has 0 aromatic heterocycles. The molecular formula is C28H31FN2O4. The van der Waals surface area contributed by atoms with Crippen molar-refractivity contribution < 1.29 is 23.8 Å². The molecule has 2 amide bonds. The highest BCUT2D eigenvalue weighted by molar-refractivity contribution is 5.92. The van der Waals surface area contributed by atoms with E-state index in [-0.39, 0.29) is 5.92 Å². The Kier molecular flexibility index (Phi) is 9.66. The summed E-state index contributed by atoms with van der Waals surface area (Å²) in [5.74, 6) is 0.277. The van der Waals surface area contributed by atoms with Crippen LogP contribution in [-0.2, 0) is 13.0 Å². The molecule has 35 heavy (non-hydrogen) atoms. The fourth-order valence-electron chi connectivity index (χ4n) is 3.91. The molecule has 3 aromatic carbocycles. The summed E-state index contributed by atoms with van der Waals surface area (Å²) in [6.45, 7) is 1.42. The Balaban J connectivity index is 0.000000196. The number of primary amides is 1. The van der Waals surface area contributed by atoms with Crippen molar-refractivity contribution in [1.82, 2.24) is 4.90 Å². The molecule has 7 heteroatoms. The zero-order valence-electron chi connectivity index (χ0n) is 19.6. The molecule has 0 aliphatic carbocycles. The zero-order chi connectivity index (χ0) is 25.0. The predicted octanol–water partition coefficient (Wildman–Crippen LogP) is 5.32. The Labute approximate surface area is 205 Å². The van der Waals surface area contributed by atoms with Gasteiger partial charge in [-0.05, 0) is 54.2 Å². The van der Waals surface area contributed by atoms with Gasteiger partial charge in [0.25, 0.3) is 0 Å². The fourth-order valence-corrected chi connectivity index (χ4v) is 3.91. The third-order valence-electron chi connectivity index (χ3n) is 5.98. The summed E-state index contributed by atoms with van der Waals surface area (Å²) in [6.07, 6.45) is -0.0885. The molecule has 1 fully saturated rings. The lowest BCUT2D eigenvalue weighted by Crippen LogP contribution is -2.40. The molecule has 6 nitrogen and oxygen atoms in total. The second-order valence-corrected chi connectivity index (χ2v) is 8.48. The number of alkyl halides is 1. The molecule has 1 saturated heterocycles. The summed E-state index contributed by atoms with van der Waals surface area (Å²) in [7, 11) is 0. The minimum atomic E-state index is -0.896. The van der Waals surface area contributed by atoms with Crippen molar-refractivity contribution in [2.75, 3.05) is 13.1 Å². The fraction of sp³-hybridized carbons (Fsp3) is 0.286. The molecule has 184 valence electrons. The minimum Gasteiger partial charge on any atom is -0.489 e. The van der Waals surface area contributed by atoms with Crippen molar-refractivity contribution in [3.63, 3.8) is 0 Å². The number of carbonyl (C=O) groups excluding carboxylic acids is 1. The van der Waals surface area contributed by atoms with E-state index >= 15 is 0 Å². The first kappa shape index (κ1) is 25.7. The first-order valence-corrected chi connectivity index (χ1v) is 11.6. The number of amides is 2. The van der Waals surface area contributed by atoms with Gasteiger partial charge in [-0.25, -0.2) is 9.18 Å². The van der Waals surface area contributed by atoms with Gasteiger partial charge in [-0.15, -0.1) is 0 Å². The predicted molar refractivity (Wildman–Crippen MR) is 133 cm³/mol. The van der Waals surface area contributed by atoms with Crippen LogP contribution in [0.1, 0.15) is 34.3 Å². The summed E-state index contributed by atoms with van der Waals surface area (Å²) in [5, 5.41) is 8.83. The van der Waals surface area contributed by atoms with E-state index in [4.69, 9.17) is 15.6 Å². The van der Waals surface area contributed by atoms with Crippen molar-refractivity contribution in [2.45, 2.75) is 32.0 Å². The zero-order valence-corrected chi connectivity index (χ0v) is 19.6. The van der Waals surface area contributed by atoms with Crippen LogP contribution in [0.5, 0.6) is 5.75 Å². The molecule has 4 rings (SSSR count). The monoisotopic (exact) mass is 478 g/mol. The van der Waals surface area contributed by atoms with Crippen LogP contribution < -0.4 is 10.5 Å². The largest absolute Gasteiger partial charge is 0.489 e. The van der Waals surface area contributed by atoms with Crippen LogP contribution in [0, 0.1) is 5.92 Å². The first-order valence-electron chi connectivity index (χ1n) is 11.6. The molecule has 1 heterocycles. The smallest absolute Gasteiger partial charge is 0.407 e. The average molecular weight is 479 g/mol. The molecule has 0 radical (unpaired) electrons. The van der Waals surface area contributed by atoms with Gasteiger partial charge in [-0.1, -0.05) is 60.7 Å². The lowest BCUT2D eigenvalue weighted by molar-refractivity contribution is 0.0997. The Bertz CT molecular complexity index is 1050. The van der Waals surface area contributed by atoms with Crippen molar-refractivity contribution in [2.24, 2.45) is 11.7 Å². The number of nitrogens with zero attached hydrogens (tertiary/aromatic N) is 1. The molecule has 0 bridgehead atoms. The Hall–Kier alpha value is -3.87. The Morgan fingerprint density at radius 1 is 0.914 bits per heavy atom. The standard InChI is InChI=1S/C14H18FNO2.C14H13NO2/c15-13(10-11-4-2-1-3-5-11)12-6-8-16(9-7-12)14(17)18;15-14(16)12-6-8-13(9-7-12)17-10-11-4-2-1-3-5-11/h1-5,12-13H,6-10H2,(H,17,18);1-9H,10H2,(H2,15,16). The number of benzene rings is 3. The Morgan fingerprint density at radius 3 is 1.97 bits per heavy atom. The number of piperidine rings is 1. The molecule has 1 aliphatic heterocycles. The number of rotatable bonds is 7. The van der Waals surface area contributed by atoms with Crippen LogP contribution in [0.2, 0.25) is 0 Å². The average Bonchev–Trinajstić information content (AvgIpc) is 2.89. The third kappa shape index (κ3) is 8.45. The van der Waals surface area contributed by atoms with Crippen LogP contribution in [0.3, 0.4) is 0 Å². The molecule has 3 N–H and O–H groups in total. The highest BCUT2D eigenvalue weighted by atomic mass is 19.1. The number of hydrogen-bond donors (Lipinski definition) is 2. The van der Waals surface area contributed by atoms with Crippen molar-refractivity contribution in [3.8, 4) is 5.75 Å². The highest BCUT2D eigenvalue weighted by Gasteiger charge is 2.28. The van der Waals surface area contributed by atoms with E-state index in [2.05, 4.69) is 0 Å². The number of carboxylic acid groups (broad SMARTS) is 1. The number of ether oxygens (including phenoxy) is 1. The van der Waals surface area contributed by atoms with Crippen molar-refractivity contribution in [1.29, 1.82) is 0 Å². The molecular weight excluding hydrogens is 447 g/mol. The van der Waals surface area contributed by atoms with Crippen LogP contribution >= 0.6 is 0 Å². The lowest BCUT2D eigenvalue weighted by Gasteiger charge is -2.31. The second-order valence-electron chi connectivity index (χ2n) is 8.48. The molecule has 1 atom stereocenters. The van der Waals surface area contributed by atoms with Crippen LogP contribution in [0.4, 0.5) is 9.18 Å². The highest BCUT2D eigenvalue weighted by Crippen LogP contribution is 2.25. The van der Waals surface area contributed by atoms with Gasteiger partial charge in [0.2, 0.25) is 5.91 Å². The van der Waals surface area contributed by atoms with Gasteiger partial charge in [0, 0.05) is 25.1 Å². The second kappa shape index (κ2) is 13.1. The summed E-state index contributed by atoms with van der Waals surface area (Å²) in [6, 6.07) is 26.3. The number of likely N-dealkylation sites (tertiary alicyclic amines) is 1. The third-order valence-corrected chi connectivity index (χ3v) is 5.98. The van der Waals surface area contributed by atoms with E-state index in [1.165, 1.54) is 4.90 Å².